The number of nitrogens with zero attached hydrogens (tertiary/aromatic N) is 1. The number of carbonyl (C=O) groups is 1. The van der Waals surface area contributed by atoms with Crippen LogP contribution < -0.4 is 11.1 Å². The van der Waals surface area contributed by atoms with Gasteiger partial charge in [0.25, 0.3) is 0 Å². The highest BCUT2D eigenvalue weighted by Crippen LogP contribution is 2.19. The Morgan fingerprint density at radius 3 is 2.53 bits per heavy atom. The predicted molar refractivity (Wildman–Crippen MR) is 78.9 cm³/mol. The van der Waals surface area contributed by atoms with Gasteiger partial charge < -0.3 is 11.1 Å². The smallest absolute Gasteiger partial charge is 0.238 e. The number of carbonyl (C=O) groups excluding carboxylic acids is 1. The van der Waals surface area contributed by atoms with E-state index < -0.39 is 0 Å². The molecule has 1 aromatic carbocycles. The van der Waals surface area contributed by atoms with E-state index in [1.54, 1.807) is 12.1 Å². The van der Waals surface area contributed by atoms with Crippen molar-refractivity contribution in [2.24, 2.45) is 5.92 Å². The van der Waals surface area contributed by atoms with Crippen LogP contribution in [-0.2, 0) is 4.79 Å². The number of likely N-dealkylation sites (tertiary alicyclic amines) is 1. The van der Waals surface area contributed by atoms with Gasteiger partial charge in [0.05, 0.1) is 6.54 Å². The maximum atomic E-state index is 11.9. The van der Waals surface area contributed by atoms with Crippen LogP contribution in [-0.4, -0.2) is 30.4 Å². The molecule has 0 radical (unpaired) electrons. The van der Waals surface area contributed by atoms with Crippen molar-refractivity contribution in [1.82, 2.24) is 4.90 Å². The van der Waals surface area contributed by atoms with Gasteiger partial charge in [0.1, 0.15) is 0 Å². The van der Waals surface area contributed by atoms with E-state index in [0.717, 1.165) is 24.7 Å². The summed E-state index contributed by atoms with van der Waals surface area (Å²) in [7, 11) is 0. The normalized spacial score (nSPS) is 17.3. The maximum Gasteiger partial charge on any atom is 0.238 e. The van der Waals surface area contributed by atoms with Crippen molar-refractivity contribution in [1.29, 1.82) is 0 Å². The van der Waals surface area contributed by atoms with E-state index in [4.69, 9.17) is 5.73 Å². The number of nitrogen functional groups attached to an aromatic ring is 1. The third-order valence-corrected chi connectivity index (χ3v) is 3.85. The van der Waals surface area contributed by atoms with Gasteiger partial charge in [-0.05, 0) is 56.1 Å². The number of piperidine rings is 1. The zero-order chi connectivity index (χ0) is 13.7. The minimum Gasteiger partial charge on any atom is -0.399 e. The van der Waals surface area contributed by atoms with Crippen LogP contribution in [0.1, 0.15) is 26.2 Å². The number of hydrogen-bond acceptors (Lipinski definition) is 3. The lowest BCUT2D eigenvalue weighted by Gasteiger charge is -2.30. The fourth-order valence-electron chi connectivity index (χ4n) is 2.52. The Balaban J connectivity index is 1.77. The number of anilines is 2. The third-order valence-electron chi connectivity index (χ3n) is 3.85. The first-order valence-electron chi connectivity index (χ1n) is 7.05. The molecule has 4 nitrogen and oxygen atoms in total. The number of benzene rings is 1. The van der Waals surface area contributed by atoms with E-state index in [-0.39, 0.29) is 5.91 Å². The van der Waals surface area contributed by atoms with E-state index in [0.29, 0.717) is 12.2 Å². The van der Waals surface area contributed by atoms with Gasteiger partial charge in [-0.15, -0.1) is 0 Å². The zero-order valence-corrected chi connectivity index (χ0v) is 11.6. The molecule has 0 aromatic heterocycles. The number of amides is 1. The summed E-state index contributed by atoms with van der Waals surface area (Å²) in [6.07, 6.45) is 3.68. The summed E-state index contributed by atoms with van der Waals surface area (Å²) in [4.78, 5) is 14.2. The Hall–Kier alpha value is -1.55. The Morgan fingerprint density at radius 2 is 1.95 bits per heavy atom. The zero-order valence-electron chi connectivity index (χ0n) is 11.6. The Labute approximate surface area is 115 Å². The first-order chi connectivity index (χ1) is 9.17. The van der Waals surface area contributed by atoms with Gasteiger partial charge in [0.15, 0.2) is 0 Å². The van der Waals surface area contributed by atoms with Crippen LogP contribution in [0.4, 0.5) is 11.4 Å². The van der Waals surface area contributed by atoms with Crippen LogP contribution in [0, 0.1) is 5.92 Å². The molecule has 1 heterocycles. The topological polar surface area (TPSA) is 58.4 Å². The number of hydrogen-bond donors (Lipinski definition) is 2. The molecule has 0 spiro atoms. The molecule has 0 atom stereocenters. The van der Waals surface area contributed by atoms with Gasteiger partial charge in [-0.25, -0.2) is 0 Å². The van der Waals surface area contributed by atoms with Gasteiger partial charge in [0, 0.05) is 11.4 Å². The second-order valence-corrected chi connectivity index (χ2v) is 5.30. The SMILES string of the molecule is CCC1CCN(CC(=O)Nc2ccc(N)cc2)CC1. The molecular weight excluding hydrogens is 238 g/mol. The molecule has 3 N–H and O–H groups in total. The van der Waals surface area contributed by atoms with Crippen LogP contribution in [0.5, 0.6) is 0 Å². The summed E-state index contributed by atoms with van der Waals surface area (Å²) in [5.74, 6) is 0.899. The Bertz CT molecular complexity index is 408. The second-order valence-electron chi connectivity index (χ2n) is 5.30. The van der Waals surface area contributed by atoms with Crippen molar-refractivity contribution in [3.8, 4) is 0 Å². The maximum absolute atomic E-state index is 11.9. The monoisotopic (exact) mass is 261 g/mol. The quantitative estimate of drug-likeness (QED) is 0.818. The molecule has 0 saturated carbocycles. The largest absolute Gasteiger partial charge is 0.399 e. The summed E-state index contributed by atoms with van der Waals surface area (Å²) < 4.78 is 0. The lowest BCUT2D eigenvalue weighted by Crippen LogP contribution is -2.39. The molecule has 1 aliphatic rings. The fraction of sp³-hybridized carbons (Fsp3) is 0.533. The average Bonchev–Trinajstić information content (AvgIpc) is 2.42. The van der Waals surface area contributed by atoms with Crippen LogP contribution in [0.25, 0.3) is 0 Å². The lowest BCUT2D eigenvalue weighted by molar-refractivity contribution is -0.117. The van der Waals surface area contributed by atoms with E-state index in [2.05, 4.69) is 17.1 Å². The molecule has 1 saturated heterocycles. The lowest BCUT2D eigenvalue weighted by atomic mass is 9.94. The summed E-state index contributed by atoms with van der Waals surface area (Å²) in [6, 6.07) is 7.25. The summed E-state index contributed by atoms with van der Waals surface area (Å²) in [5.41, 5.74) is 7.13. The minimum absolute atomic E-state index is 0.0553. The highest BCUT2D eigenvalue weighted by Gasteiger charge is 2.19. The molecule has 104 valence electrons. The molecule has 4 heteroatoms. The summed E-state index contributed by atoms with van der Waals surface area (Å²) in [5, 5.41) is 2.91. The van der Waals surface area contributed by atoms with Crippen molar-refractivity contribution in [3.05, 3.63) is 24.3 Å². The first-order valence-corrected chi connectivity index (χ1v) is 7.05. The average molecular weight is 261 g/mol. The summed E-state index contributed by atoms with van der Waals surface area (Å²) in [6.45, 7) is 4.80. The molecule has 1 amide bonds. The molecule has 0 bridgehead atoms. The standard InChI is InChI=1S/C15H23N3O/c1-2-12-7-9-18(10-8-12)11-15(19)17-14-5-3-13(16)4-6-14/h3-6,12H,2,7-11,16H2,1H3,(H,17,19). The van der Waals surface area contributed by atoms with E-state index >= 15 is 0 Å². The van der Waals surface area contributed by atoms with E-state index in [9.17, 15) is 4.79 Å². The van der Waals surface area contributed by atoms with Crippen LogP contribution in [0.2, 0.25) is 0 Å². The van der Waals surface area contributed by atoms with Crippen molar-refractivity contribution < 1.29 is 4.79 Å². The van der Waals surface area contributed by atoms with Gasteiger partial charge >= 0.3 is 0 Å². The number of nitrogens with two attached hydrogens (primary N) is 1. The third kappa shape index (κ3) is 4.24. The van der Waals surface area contributed by atoms with Crippen molar-refractivity contribution in [2.75, 3.05) is 30.7 Å². The Morgan fingerprint density at radius 1 is 1.32 bits per heavy atom. The molecule has 19 heavy (non-hydrogen) atoms. The van der Waals surface area contributed by atoms with E-state index in [1.807, 2.05) is 12.1 Å². The van der Waals surface area contributed by atoms with Crippen molar-refractivity contribution in [3.63, 3.8) is 0 Å². The van der Waals surface area contributed by atoms with Crippen molar-refractivity contribution in [2.45, 2.75) is 26.2 Å². The van der Waals surface area contributed by atoms with Crippen LogP contribution in [0.15, 0.2) is 24.3 Å². The van der Waals surface area contributed by atoms with Gasteiger partial charge in [0.2, 0.25) is 5.91 Å². The van der Waals surface area contributed by atoms with Crippen LogP contribution >= 0.6 is 0 Å². The van der Waals surface area contributed by atoms with Crippen LogP contribution in [0.3, 0.4) is 0 Å². The number of nitrogens with one attached hydrogen (secondary N) is 1. The Kier molecular flexibility index (Phi) is 4.80. The van der Waals surface area contributed by atoms with Gasteiger partial charge in [-0.2, -0.15) is 0 Å². The van der Waals surface area contributed by atoms with Gasteiger partial charge in [-0.3, -0.25) is 9.69 Å². The summed E-state index contributed by atoms with van der Waals surface area (Å²) >= 11 is 0. The first kappa shape index (κ1) is 13.9. The highest BCUT2D eigenvalue weighted by atomic mass is 16.2. The molecule has 1 aliphatic heterocycles. The molecule has 0 unspecified atom stereocenters. The molecule has 0 aliphatic carbocycles. The van der Waals surface area contributed by atoms with E-state index in [1.165, 1.54) is 19.3 Å². The molecule has 2 rings (SSSR count). The molecule has 1 fully saturated rings. The fourth-order valence-corrected chi connectivity index (χ4v) is 2.52. The minimum atomic E-state index is 0.0553. The second kappa shape index (κ2) is 6.57. The molecule has 1 aromatic rings. The van der Waals surface area contributed by atoms with Gasteiger partial charge in [-0.1, -0.05) is 13.3 Å². The highest BCUT2D eigenvalue weighted by molar-refractivity contribution is 5.92. The predicted octanol–water partition coefficient (Wildman–Crippen LogP) is 2.33. The molecular formula is C15H23N3O. The van der Waals surface area contributed by atoms with Crippen molar-refractivity contribution >= 4 is 17.3 Å². The number of rotatable bonds is 4.